The van der Waals surface area contributed by atoms with Gasteiger partial charge in [0.1, 0.15) is 13.2 Å². The number of fused-ring (bicyclic) bond motifs is 1. The smallest absolute Gasteiger partial charge is 0.261 e. The summed E-state index contributed by atoms with van der Waals surface area (Å²) in [5.74, 6) is 1.65. The number of carbonyl (C=O) groups excluding carboxylic acids is 2. The summed E-state index contributed by atoms with van der Waals surface area (Å²) in [6.07, 6.45) is 1.96. The highest BCUT2D eigenvalue weighted by Crippen LogP contribution is 2.36. The molecule has 1 fully saturated rings. The summed E-state index contributed by atoms with van der Waals surface area (Å²) in [5.41, 5.74) is 0.995. The van der Waals surface area contributed by atoms with Gasteiger partial charge < -0.3 is 20.1 Å². The molecule has 2 N–H and O–H groups in total. The second kappa shape index (κ2) is 7.37. The summed E-state index contributed by atoms with van der Waals surface area (Å²) in [4.78, 5) is 25.4. The topological polar surface area (TPSA) is 76.7 Å². The summed E-state index contributed by atoms with van der Waals surface area (Å²) in [6, 6.07) is 9.55. The number of amides is 2. The molecule has 1 aliphatic heterocycles. The number of ether oxygens (including phenoxy) is 2. The summed E-state index contributed by atoms with van der Waals surface area (Å²) in [5, 5.41) is 5.68. The molecule has 26 heavy (non-hydrogen) atoms. The molecule has 0 unspecified atom stereocenters. The minimum Gasteiger partial charge on any atom is -0.486 e. The quantitative estimate of drug-likeness (QED) is 0.764. The molecule has 1 aromatic carbocycles. The first-order valence-electron chi connectivity index (χ1n) is 8.76. The van der Waals surface area contributed by atoms with E-state index in [2.05, 4.69) is 10.6 Å². The van der Waals surface area contributed by atoms with Gasteiger partial charge in [0, 0.05) is 23.9 Å². The predicted molar refractivity (Wildman–Crippen MR) is 98.8 cm³/mol. The Labute approximate surface area is 155 Å². The average molecular weight is 372 g/mol. The molecular weight excluding hydrogens is 352 g/mol. The Morgan fingerprint density at radius 1 is 1.00 bits per heavy atom. The van der Waals surface area contributed by atoms with Crippen LogP contribution in [0.5, 0.6) is 11.5 Å². The lowest BCUT2D eigenvalue weighted by Crippen LogP contribution is -2.35. The van der Waals surface area contributed by atoms with Crippen molar-refractivity contribution in [2.45, 2.75) is 12.8 Å². The normalized spacial score (nSPS) is 15.4. The molecule has 0 saturated heterocycles. The van der Waals surface area contributed by atoms with E-state index in [9.17, 15) is 9.59 Å². The van der Waals surface area contributed by atoms with Crippen LogP contribution in [0.1, 0.15) is 22.5 Å². The molecule has 136 valence electrons. The lowest BCUT2D eigenvalue weighted by molar-refractivity contribution is -0.122. The average Bonchev–Trinajstić information content (AvgIpc) is 3.41. The highest BCUT2D eigenvalue weighted by molar-refractivity contribution is 7.17. The van der Waals surface area contributed by atoms with E-state index in [1.54, 1.807) is 0 Å². The molecule has 4 rings (SSSR count). The van der Waals surface area contributed by atoms with Crippen molar-refractivity contribution < 1.29 is 19.1 Å². The van der Waals surface area contributed by atoms with Crippen molar-refractivity contribution in [3.05, 3.63) is 35.2 Å². The molecule has 6 nitrogen and oxygen atoms in total. The van der Waals surface area contributed by atoms with E-state index in [1.807, 2.05) is 30.3 Å². The number of carbonyl (C=O) groups is 2. The molecule has 7 heteroatoms. The Balaban J connectivity index is 1.33. The molecule has 1 aliphatic carbocycles. The second-order valence-electron chi connectivity index (χ2n) is 6.34. The summed E-state index contributed by atoms with van der Waals surface area (Å²) >= 11 is 1.43. The minimum atomic E-state index is -0.125. The van der Waals surface area contributed by atoms with Crippen LogP contribution >= 0.6 is 11.3 Å². The van der Waals surface area contributed by atoms with Crippen molar-refractivity contribution in [2.24, 2.45) is 5.92 Å². The third kappa shape index (κ3) is 3.83. The molecule has 0 atom stereocenters. The van der Waals surface area contributed by atoms with Gasteiger partial charge >= 0.3 is 0 Å². The monoisotopic (exact) mass is 372 g/mol. The molecule has 2 aliphatic rings. The van der Waals surface area contributed by atoms with E-state index in [-0.39, 0.29) is 17.7 Å². The highest BCUT2D eigenvalue weighted by atomic mass is 32.1. The van der Waals surface area contributed by atoms with Gasteiger partial charge in [-0.1, -0.05) is 0 Å². The predicted octanol–water partition coefficient (Wildman–Crippen LogP) is 2.44. The van der Waals surface area contributed by atoms with Crippen LogP contribution in [0.25, 0.3) is 10.4 Å². The zero-order chi connectivity index (χ0) is 17.9. The maximum atomic E-state index is 12.3. The van der Waals surface area contributed by atoms with Crippen LogP contribution in [0.4, 0.5) is 0 Å². The fraction of sp³-hybridized carbons (Fsp3) is 0.368. The Kier molecular flexibility index (Phi) is 4.79. The van der Waals surface area contributed by atoms with Crippen LogP contribution < -0.4 is 20.1 Å². The Morgan fingerprint density at radius 2 is 1.77 bits per heavy atom. The zero-order valence-corrected chi connectivity index (χ0v) is 15.1. The van der Waals surface area contributed by atoms with Crippen LogP contribution in [0.3, 0.4) is 0 Å². The molecule has 0 spiro atoms. The molecule has 1 saturated carbocycles. The van der Waals surface area contributed by atoms with Crippen molar-refractivity contribution >= 4 is 23.2 Å². The van der Waals surface area contributed by atoms with Crippen molar-refractivity contribution in [1.29, 1.82) is 0 Å². The van der Waals surface area contributed by atoms with Gasteiger partial charge in [-0.05, 0) is 48.7 Å². The third-order valence-corrected chi connectivity index (χ3v) is 5.45. The van der Waals surface area contributed by atoms with Gasteiger partial charge in [-0.15, -0.1) is 11.3 Å². The Hall–Kier alpha value is -2.54. The van der Waals surface area contributed by atoms with Crippen molar-refractivity contribution in [3.8, 4) is 21.9 Å². The van der Waals surface area contributed by atoms with Crippen molar-refractivity contribution in [1.82, 2.24) is 10.6 Å². The van der Waals surface area contributed by atoms with Crippen LogP contribution in [0.2, 0.25) is 0 Å². The molecular formula is C19H20N2O4S. The number of benzene rings is 1. The number of hydrogen-bond acceptors (Lipinski definition) is 5. The van der Waals surface area contributed by atoms with Gasteiger partial charge in [-0.25, -0.2) is 0 Å². The number of nitrogens with one attached hydrogen (secondary N) is 2. The first kappa shape index (κ1) is 16.9. The standard InChI is InChI=1S/C19H20N2O4S/c22-18(12-1-2-12)20-7-8-21-19(23)17-6-5-16(26-17)13-3-4-14-15(11-13)25-10-9-24-14/h3-6,11-12H,1-2,7-10H2,(H,20,22)(H,21,23). The van der Waals surface area contributed by atoms with E-state index >= 15 is 0 Å². The summed E-state index contributed by atoms with van der Waals surface area (Å²) in [6.45, 7) is 2.00. The largest absolute Gasteiger partial charge is 0.486 e. The summed E-state index contributed by atoms with van der Waals surface area (Å²) in [7, 11) is 0. The molecule has 2 aromatic rings. The van der Waals surface area contributed by atoms with Gasteiger partial charge in [0.15, 0.2) is 11.5 Å². The van der Waals surface area contributed by atoms with Crippen LogP contribution in [0, 0.1) is 5.92 Å². The molecule has 0 bridgehead atoms. The third-order valence-electron chi connectivity index (χ3n) is 4.31. The van der Waals surface area contributed by atoms with Gasteiger partial charge in [0.25, 0.3) is 5.91 Å². The van der Waals surface area contributed by atoms with E-state index < -0.39 is 0 Å². The van der Waals surface area contributed by atoms with E-state index in [0.717, 1.165) is 34.8 Å². The highest BCUT2D eigenvalue weighted by Gasteiger charge is 2.29. The van der Waals surface area contributed by atoms with E-state index in [4.69, 9.17) is 9.47 Å². The molecule has 1 aromatic heterocycles. The van der Waals surface area contributed by atoms with Crippen molar-refractivity contribution in [3.63, 3.8) is 0 Å². The van der Waals surface area contributed by atoms with Crippen LogP contribution in [-0.2, 0) is 4.79 Å². The van der Waals surface area contributed by atoms with Gasteiger partial charge in [0.05, 0.1) is 4.88 Å². The first-order chi connectivity index (χ1) is 12.7. The Bertz CT molecular complexity index is 829. The van der Waals surface area contributed by atoms with E-state index in [0.29, 0.717) is 31.2 Å². The lowest BCUT2D eigenvalue weighted by atomic mass is 10.1. The number of hydrogen-bond donors (Lipinski definition) is 2. The van der Waals surface area contributed by atoms with Crippen molar-refractivity contribution in [2.75, 3.05) is 26.3 Å². The summed E-state index contributed by atoms with van der Waals surface area (Å²) < 4.78 is 11.1. The van der Waals surface area contributed by atoms with Crippen LogP contribution in [0.15, 0.2) is 30.3 Å². The first-order valence-corrected chi connectivity index (χ1v) is 9.58. The van der Waals surface area contributed by atoms with Gasteiger partial charge in [-0.3, -0.25) is 9.59 Å². The zero-order valence-electron chi connectivity index (χ0n) is 14.2. The maximum absolute atomic E-state index is 12.3. The Morgan fingerprint density at radius 3 is 2.58 bits per heavy atom. The lowest BCUT2D eigenvalue weighted by Gasteiger charge is -2.18. The molecule has 2 heterocycles. The van der Waals surface area contributed by atoms with Gasteiger partial charge in [0.2, 0.25) is 5.91 Å². The van der Waals surface area contributed by atoms with E-state index in [1.165, 1.54) is 11.3 Å². The minimum absolute atomic E-state index is 0.0938. The fourth-order valence-electron chi connectivity index (χ4n) is 2.75. The number of thiophene rings is 1. The second-order valence-corrected chi connectivity index (χ2v) is 7.43. The van der Waals surface area contributed by atoms with Gasteiger partial charge in [-0.2, -0.15) is 0 Å². The molecule has 0 radical (unpaired) electrons. The maximum Gasteiger partial charge on any atom is 0.261 e. The van der Waals surface area contributed by atoms with Crippen LogP contribution in [-0.4, -0.2) is 38.1 Å². The molecule has 2 amide bonds. The number of rotatable bonds is 6. The fourth-order valence-corrected chi connectivity index (χ4v) is 3.67. The SMILES string of the molecule is O=C(NCCNC(=O)C1CC1)c1ccc(-c2ccc3c(c2)OCCO3)s1.